The molecule has 1 fully saturated rings. The van der Waals surface area contributed by atoms with Crippen LogP contribution in [0.3, 0.4) is 0 Å². The Morgan fingerprint density at radius 2 is 1.84 bits per heavy atom. The van der Waals surface area contributed by atoms with Gasteiger partial charge in [0.05, 0.1) is 7.11 Å². The van der Waals surface area contributed by atoms with E-state index in [0.717, 1.165) is 30.3 Å². The Kier molecular flexibility index (Phi) is 6.35. The SMILES string of the molecule is COc1ccc(N)c(CCCC2CCN(Cc3ccccc3)CC2)c1. The molecule has 0 spiro atoms. The minimum Gasteiger partial charge on any atom is -0.497 e. The first-order valence-electron chi connectivity index (χ1n) is 9.43. The van der Waals surface area contributed by atoms with Gasteiger partial charge in [0.2, 0.25) is 0 Å². The molecule has 3 rings (SSSR count). The third-order valence-electron chi connectivity index (χ3n) is 5.36. The number of nitrogens with zero attached hydrogens (tertiary/aromatic N) is 1. The maximum absolute atomic E-state index is 6.09. The fourth-order valence-electron chi connectivity index (χ4n) is 3.78. The van der Waals surface area contributed by atoms with E-state index >= 15 is 0 Å². The molecule has 0 bridgehead atoms. The zero-order valence-corrected chi connectivity index (χ0v) is 15.3. The van der Waals surface area contributed by atoms with Gasteiger partial charge in [-0.15, -0.1) is 0 Å². The second kappa shape index (κ2) is 8.91. The van der Waals surface area contributed by atoms with Crippen LogP contribution in [-0.4, -0.2) is 25.1 Å². The summed E-state index contributed by atoms with van der Waals surface area (Å²) in [6.45, 7) is 3.54. The van der Waals surface area contributed by atoms with E-state index in [1.807, 2.05) is 12.1 Å². The minimum absolute atomic E-state index is 0.860. The van der Waals surface area contributed by atoms with Gasteiger partial charge in [0.1, 0.15) is 5.75 Å². The number of hydrogen-bond acceptors (Lipinski definition) is 3. The smallest absolute Gasteiger partial charge is 0.119 e. The summed E-state index contributed by atoms with van der Waals surface area (Å²) >= 11 is 0. The van der Waals surface area contributed by atoms with Gasteiger partial charge >= 0.3 is 0 Å². The maximum atomic E-state index is 6.09. The number of aryl methyl sites for hydroxylation is 1. The Balaban J connectivity index is 1.39. The highest BCUT2D eigenvalue weighted by Crippen LogP contribution is 2.26. The van der Waals surface area contributed by atoms with Crippen LogP contribution in [0, 0.1) is 5.92 Å². The summed E-state index contributed by atoms with van der Waals surface area (Å²) in [5.74, 6) is 1.76. The van der Waals surface area contributed by atoms with Crippen molar-refractivity contribution >= 4 is 5.69 Å². The zero-order valence-electron chi connectivity index (χ0n) is 15.3. The average molecular weight is 338 g/mol. The van der Waals surface area contributed by atoms with Gasteiger partial charge in [-0.2, -0.15) is 0 Å². The fourth-order valence-corrected chi connectivity index (χ4v) is 3.78. The molecule has 25 heavy (non-hydrogen) atoms. The predicted molar refractivity (Wildman–Crippen MR) is 105 cm³/mol. The van der Waals surface area contributed by atoms with Gasteiger partial charge < -0.3 is 10.5 Å². The third-order valence-corrected chi connectivity index (χ3v) is 5.36. The van der Waals surface area contributed by atoms with Gasteiger partial charge in [0.15, 0.2) is 0 Å². The molecule has 1 aliphatic rings. The van der Waals surface area contributed by atoms with Crippen molar-refractivity contribution in [1.82, 2.24) is 4.90 Å². The number of hydrogen-bond donors (Lipinski definition) is 1. The summed E-state index contributed by atoms with van der Waals surface area (Å²) in [6.07, 6.45) is 6.20. The number of nitrogens with two attached hydrogens (primary N) is 1. The second-order valence-electron chi connectivity index (χ2n) is 7.16. The first kappa shape index (κ1) is 17.8. The number of likely N-dealkylation sites (tertiary alicyclic amines) is 1. The van der Waals surface area contributed by atoms with Gasteiger partial charge in [0.25, 0.3) is 0 Å². The first-order valence-corrected chi connectivity index (χ1v) is 9.43. The van der Waals surface area contributed by atoms with Crippen LogP contribution in [0.2, 0.25) is 0 Å². The lowest BCUT2D eigenvalue weighted by atomic mass is 9.90. The molecule has 1 heterocycles. The molecule has 3 heteroatoms. The third kappa shape index (κ3) is 5.23. The summed E-state index contributed by atoms with van der Waals surface area (Å²) in [7, 11) is 1.71. The Morgan fingerprint density at radius 1 is 1.08 bits per heavy atom. The summed E-state index contributed by atoms with van der Waals surface area (Å²) in [4.78, 5) is 2.59. The molecular weight excluding hydrogens is 308 g/mol. The van der Waals surface area contributed by atoms with Crippen LogP contribution in [0.5, 0.6) is 5.75 Å². The molecule has 0 saturated carbocycles. The van der Waals surface area contributed by atoms with E-state index in [2.05, 4.69) is 41.3 Å². The molecule has 0 unspecified atom stereocenters. The Bertz CT molecular complexity index is 648. The number of nitrogen functional groups attached to an aromatic ring is 1. The van der Waals surface area contributed by atoms with E-state index in [-0.39, 0.29) is 0 Å². The van der Waals surface area contributed by atoms with E-state index in [4.69, 9.17) is 10.5 Å². The minimum atomic E-state index is 0.860. The van der Waals surface area contributed by atoms with Crippen molar-refractivity contribution in [1.29, 1.82) is 0 Å². The lowest BCUT2D eigenvalue weighted by molar-refractivity contribution is 0.171. The van der Waals surface area contributed by atoms with Gasteiger partial charge in [-0.25, -0.2) is 0 Å². The predicted octanol–water partition coefficient (Wildman–Crippen LogP) is 4.51. The molecule has 2 aromatic carbocycles. The summed E-state index contributed by atoms with van der Waals surface area (Å²) in [6, 6.07) is 16.8. The largest absolute Gasteiger partial charge is 0.497 e. The molecule has 0 aliphatic carbocycles. The number of rotatable bonds is 7. The number of methoxy groups -OCH3 is 1. The van der Waals surface area contributed by atoms with Crippen molar-refractivity contribution in [3.63, 3.8) is 0 Å². The summed E-state index contributed by atoms with van der Waals surface area (Å²) < 4.78 is 5.31. The van der Waals surface area contributed by atoms with Crippen LogP contribution in [0.1, 0.15) is 36.8 Å². The van der Waals surface area contributed by atoms with Crippen LogP contribution < -0.4 is 10.5 Å². The van der Waals surface area contributed by atoms with E-state index in [9.17, 15) is 0 Å². The van der Waals surface area contributed by atoms with Crippen molar-refractivity contribution in [2.75, 3.05) is 25.9 Å². The summed E-state index contributed by atoms with van der Waals surface area (Å²) in [5, 5.41) is 0. The quantitative estimate of drug-likeness (QED) is 0.755. The van der Waals surface area contributed by atoms with Crippen LogP contribution in [-0.2, 0) is 13.0 Å². The summed E-state index contributed by atoms with van der Waals surface area (Å²) in [5.41, 5.74) is 9.63. The van der Waals surface area contributed by atoms with E-state index in [1.54, 1.807) is 7.11 Å². The number of anilines is 1. The number of piperidine rings is 1. The lowest BCUT2D eigenvalue weighted by Crippen LogP contribution is -2.33. The second-order valence-corrected chi connectivity index (χ2v) is 7.16. The lowest BCUT2D eigenvalue weighted by Gasteiger charge is -2.32. The van der Waals surface area contributed by atoms with Crippen LogP contribution >= 0.6 is 0 Å². The highest BCUT2D eigenvalue weighted by atomic mass is 16.5. The zero-order chi connectivity index (χ0) is 17.5. The molecule has 0 amide bonds. The highest BCUT2D eigenvalue weighted by molar-refractivity contribution is 5.50. The van der Waals surface area contributed by atoms with E-state index in [0.29, 0.717) is 0 Å². The van der Waals surface area contributed by atoms with E-state index < -0.39 is 0 Å². The monoisotopic (exact) mass is 338 g/mol. The normalized spacial score (nSPS) is 16.0. The maximum Gasteiger partial charge on any atom is 0.119 e. The molecule has 1 saturated heterocycles. The topological polar surface area (TPSA) is 38.5 Å². The standard InChI is InChI=1S/C22H30N2O/c1-25-21-10-11-22(23)20(16-21)9-5-8-18-12-14-24(15-13-18)17-19-6-3-2-4-7-19/h2-4,6-7,10-11,16,18H,5,8-9,12-15,17,23H2,1H3. The van der Waals surface area contributed by atoms with Gasteiger partial charge in [-0.05, 0) is 74.0 Å². The molecule has 0 radical (unpaired) electrons. The van der Waals surface area contributed by atoms with Gasteiger partial charge in [-0.1, -0.05) is 36.8 Å². The van der Waals surface area contributed by atoms with Crippen molar-refractivity contribution in [3.05, 3.63) is 59.7 Å². The first-order chi connectivity index (χ1) is 12.2. The fraction of sp³-hybridized carbons (Fsp3) is 0.455. The molecule has 134 valence electrons. The molecule has 1 aliphatic heterocycles. The molecule has 0 atom stereocenters. The Hall–Kier alpha value is -2.00. The van der Waals surface area contributed by atoms with Gasteiger partial charge in [0, 0.05) is 12.2 Å². The van der Waals surface area contributed by atoms with Crippen LogP contribution in [0.25, 0.3) is 0 Å². The molecule has 2 aromatic rings. The Morgan fingerprint density at radius 3 is 2.56 bits per heavy atom. The van der Waals surface area contributed by atoms with Crippen LogP contribution in [0.15, 0.2) is 48.5 Å². The van der Waals surface area contributed by atoms with Crippen molar-refractivity contribution in [2.24, 2.45) is 5.92 Å². The number of benzene rings is 2. The van der Waals surface area contributed by atoms with Crippen molar-refractivity contribution < 1.29 is 4.74 Å². The Labute approximate surface area is 151 Å². The van der Waals surface area contributed by atoms with Crippen molar-refractivity contribution in [3.8, 4) is 5.75 Å². The highest BCUT2D eigenvalue weighted by Gasteiger charge is 2.19. The molecule has 0 aromatic heterocycles. The van der Waals surface area contributed by atoms with Gasteiger partial charge in [-0.3, -0.25) is 4.90 Å². The van der Waals surface area contributed by atoms with Crippen LogP contribution in [0.4, 0.5) is 5.69 Å². The van der Waals surface area contributed by atoms with E-state index in [1.165, 1.54) is 49.9 Å². The number of ether oxygens (including phenoxy) is 1. The molecule has 3 nitrogen and oxygen atoms in total. The molecular formula is C22H30N2O. The van der Waals surface area contributed by atoms with Crippen molar-refractivity contribution in [2.45, 2.75) is 38.6 Å². The molecule has 2 N–H and O–H groups in total. The average Bonchev–Trinajstić information content (AvgIpc) is 2.65.